The normalized spacial score (nSPS) is 22.3. The van der Waals surface area contributed by atoms with Crippen molar-refractivity contribution in [1.29, 1.82) is 0 Å². The Hall–Kier alpha value is -1.88. The van der Waals surface area contributed by atoms with Crippen molar-refractivity contribution in [3.05, 3.63) is 30.2 Å². The van der Waals surface area contributed by atoms with Gasteiger partial charge in [0, 0.05) is 23.8 Å². The molecule has 0 aliphatic heterocycles. The van der Waals surface area contributed by atoms with Gasteiger partial charge in [-0.15, -0.1) is 0 Å². The monoisotopic (exact) mass is 275 g/mol. The number of hydrogen-bond donors (Lipinski definition) is 3. The van der Waals surface area contributed by atoms with E-state index in [9.17, 15) is 9.50 Å². The van der Waals surface area contributed by atoms with Crippen molar-refractivity contribution in [2.45, 2.75) is 25.4 Å². The summed E-state index contributed by atoms with van der Waals surface area (Å²) in [5.41, 5.74) is 7.18. The fraction of sp³-hybridized carbons (Fsp3) is 0.400. The maximum absolute atomic E-state index is 14.1. The van der Waals surface area contributed by atoms with Crippen molar-refractivity contribution in [3.63, 3.8) is 0 Å². The second-order valence-corrected chi connectivity index (χ2v) is 5.44. The summed E-state index contributed by atoms with van der Waals surface area (Å²) in [5, 5.41) is 13.4. The Balaban J connectivity index is 1.87. The van der Waals surface area contributed by atoms with Gasteiger partial charge in [0.15, 0.2) is 5.82 Å². The number of aliphatic hydroxyl groups excluding tert-OH is 1. The zero-order valence-corrected chi connectivity index (χ0v) is 11.1. The van der Waals surface area contributed by atoms with E-state index in [1.165, 1.54) is 6.07 Å². The van der Waals surface area contributed by atoms with Crippen LogP contribution in [0.2, 0.25) is 0 Å². The smallest absolute Gasteiger partial charge is 0.150 e. The number of nitrogen functional groups attached to an aromatic ring is 1. The molecule has 1 aromatic heterocycles. The Morgan fingerprint density at radius 3 is 3.05 bits per heavy atom. The van der Waals surface area contributed by atoms with Crippen molar-refractivity contribution in [1.82, 2.24) is 4.98 Å². The molecule has 4 N–H and O–H groups in total. The van der Waals surface area contributed by atoms with E-state index < -0.39 is 0 Å². The Kier molecular flexibility index (Phi) is 3.44. The molecular formula is C15H18FN3O. The van der Waals surface area contributed by atoms with Gasteiger partial charge in [-0.05, 0) is 43.4 Å². The summed E-state index contributed by atoms with van der Waals surface area (Å²) in [5.74, 6) is -0.00652. The zero-order valence-electron chi connectivity index (χ0n) is 11.1. The van der Waals surface area contributed by atoms with Gasteiger partial charge in [0.2, 0.25) is 0 Å². The molecule has 4 nitrogen and oxygen atoms in total. The van der Waals surface area contributed by atoms with E-state index in [0.717, 1.165) is 24.6 Å². The fourth-order valence-electron chi connectivity index (χ4n) is 2.89. The summed E-state index contributed by atoms with van der Waals surface area (Å²) in [7, 11) is 0. The lowest BCUT2D eigenvalue weighted by Gasteiger charge is -2.15. The molecule has 1 aromatic carbocycles. The van der Waals surface area contributed by atoms with Crippen LogP contribution in [-0.2, 0) is 0 Å². The first-order valence-electron chi connectivity index (χ1n) is 6.90. The number of hydrogen-bond acceptors (Lipinski definition) is 4. The topological polar surface area (TPSA) is 71.2 Å². The van der Waals surface area contributed by atoms with E-state index in [1.54, 1.807) is 12.3 Å². The number of nitrogens with two attached hydrogens (primary N) is 1. The number of pyridine rings is 1. The lowest BCUT2D eigenvalue weighted by molar-refractivity contribution is 0.178. The first kappa shape index (κ1) is 13.1. The van der Waals surface area contributed by atoms with Crippen LogP contribution in [0.25, 0.3) is 10.9 Å². The highest BCUT2D eigenvalue weighted by Gasteiger charge is 2.23. The van der Waals surface area contributed by atoms with Gasteiger partial charge in [0.1, 0.15) is 0 Å². The average molecular weight is 275 g/mol. The number of aromatic nitrogens is 1. The van der Waals surface area contributed by atoms with Crippen molar-refractivity contribution >= 4 is 22.3 Å². The van der Waals surface area contributed by atoms with Crippen LogP contribution >= 0.6 is 0 Å². The standard InChI is InChI=1S/C15H18FN3O/c16-12-7-13(17)11-2-1-5-18-14(11)15(12)19-8-9-3-4-10(20)6-9/h1-2,5,7,9-10,19-20H,3-4,6,8,17H2. The minimum Gasteiger partial charge on any atom is -0.398 e. The molecule has 1 heterocycles. The van der Waals surface area contributed by atoms with E-state index in [1.807, 2.05) is 6.07 Å². The molecular weight excluding hydrogens is 257 g/mol. The van der Waals surface area contributed by atoms with Crippen LogP contribution in [0.1, 0.15) is 19.3 Å². The Labute approximate surface area is 116 Å². The molecule has 1 aliphatic rings. The van der Waals surface area contributed by atoms with E-state index in [0.29, 0.717) is 29.4 Å². The Morgan fingerprint density at radius 2 is 2.30 bits per heavy atom. The van der Waals surface area contributed by atoms with Gasteiger partial charge < -0.3 is 16.2 Å². The molecule has 1 fully saturated rings. The molecule has 2 atom stereocenters. The molecule has 0 saturated heterocycles. The molecule has 20 heavy (non-hydrogen) atoms. The molecule has 2 aromatic rings. The quantitative estimate of drug-likeness (QED) is 0.753. The summed E-state index contributed by atoms with van der Waals surface area (Å²) >= 11 is 0. The first-order valence-corrected chi connectivity index (χ1v) is 6.90. The molecule has 0 spiro atoms. The summed E-state index contributed by atoms with van der Waals surface area (Å²) in [6, 6.07) is 4.95. The molecule has 1 saturated carbocycles. The van der Waals surface area contributed by atoms with Gasteiger partial charge >= 0.3 is 0 Å². The fourth-order valence-corrected chi connectivity index (χ4v) is 2.89. The Morgan fingerprint density at radius 1 is 1.45 bits per heavy atom. The highest BCUT2D eigenvalue weighted by Crippen LogP contribution is 2.31. The molecule has 5 heteroatoms. The SMILES string of the molecule is Nc1cc(F)c(NCC2CCC(O)C2)c2ncccc12. The van der Waals surface area contributed by atoms with E-state index in [2.05, 4.69) is 10.3 Å². The van der Waals surface area contributed by atoms with Gasteiger partial charge in [-0.25, -0.2) is 4.39 Å². The summed E-state index contributed by atoms with van der Waals surface area (Å²) < 4.78 is 14.1. The van der Waals surface area contributed by atoms with Crippen molar-refractivity contribution in [2.75, 3.05) is 17.6 Å². The van der Waals surface area contributed by atoms with Crippen molar-refractivity contribution < 1.29 is 9.50 Å². The number of benzene rings is 1. The summed E-state index contributed by atoms with van der Waals surface area (Å²) in [4.78, 5) is 4.23. The number of nitrogens with one attached hydrogen (secondary N) is 1. The highest BCUT2D eigenvalue weighted by molar-refractivity contribution is 5.98. The maximum Gasteiger partial charge on any atom is 0.150 e. The number of nitrogens with zero attached hydrogens (tertiary/aromatic N) is 1. The number of halogens is 1. The summed E-state index contributed by atoms with van der Waals surface area (Å²) in [6.07, 6.45) is 3.99. The third kappa shape index (κ3) is 2.41. The number of fused-ring (bicyclic) bond motifs is 1. The van der Waals surface area contributed by atoms with E-state index in [-0.39, 0.29) is 11.9 Å². The predicted molar refractivity (Wildman–Crippen MR) is 78.0 cm³/mol. The summed E-state index contributed by atoms with van der Waals surface area (Å²) in [6.45, 7) is 0.642. The molecule has 0 amide bonds. The van der Waals surface area contributed by atoms with E-state index in [4.69, 9.17) is 5.73 Å². The number of aliphatic hydroxyl groups is 1. The first-order chi connectivity index (χ1) is 9.65. The third-order valence-electron chi connectivity index (χ3n) is 3.96. The second-order valence-electron chi connectivity index (χ2n) is 5.44. The van der Waals surface area contributed by atoms with Crippen LogP contribution in [0.3, 0.4) is 0 Å². The molecule has 0 radical (unpaired) electrons. The van der Waals surface area contributed by atoms with Crippen LogP contribution in [0.15, 0.2) is 24.4 Å². The van der Waals surface area contributed by atoms with Crippen LogP contribution in [-0.4, -0.2) is 22.7 Å². The van der Waals surface area contributed by atoms with E-state index >= 15 is 0 Å². The average Bonchev–Trinajstić information content (AvgIpc) is 2.84. The molecule has 2 unspecified atom stereocenters. The number of rotatable bonds is 3. The Bertz CT molecular complexity index is 632. The molecule has 3 rings (SSSR count). The maximum atomic E-state index is 14.1. The zero-order chi connectivity index (χ0) is 14.1. The van der Waals surface area contributed by atoms with Crippen molar-refractivity contribution in [2.24, 2.45) is 5.92 Å². The van der Waals surface area contributed by atoms with Crippen LogP contribution in [0, 0.1) is 11.7 Å². The lowest BCUT2D eigenvalue weighted by Crippen LogP contribution is -2.14. The highest BCUT2D eigenvalue weighted by atomic mass is 19.1. The lowest BCUT2D eigenvalue weighted by atomic mass is 10.1. The van der Waals surface area contributed by atoms with Gasteiger partial charge in [0.25, 0.3) is 0 Å². The molecule has 1 aliphatic carbocycles. The van der Waals surface area contributed by atoms with Gasteiger partial charge in [-0.1, -0.05) is 0 Å². The van der Waals surface area contributed by atoms with Gasteiger partial charge in [0.05, 0.1) is 17.3 Å². The predicted octanol–water partition coefficient (Wildman–Crippen LogP) is 2.53. The molecule has 106 valence electrons. The second kappa shape index (κ2) is 5.25. The van der Waals surface area contributed by atoms with Crippen LogP contribution in [0.4, 0.5) is 15.8 Å². The molecule has 0 bridgehead atoms. The van der Waals surface area contributed by atoms with Crippen molar-refractivity contribution in [3.8, 4) is 0 Å². The largest absolute Gasteiger partial charge is 0.398 e. The van der Waals surface area contributed by atoms with Gasteiger partial charge in [-0.2, -0.15) is 0 Å². The minimum absolute atomic E-state index is 0.215. The number of anilines is 2. The third-order valence-corrected chi connectivity index (χ3v) is 3.96. The van der Waals surface area contributed by atoms with Crippen LogP contribution < -0.4 is 11.1 Å². The van der Waals surface area contributed by atoms with Crippen LogP contribution in [0.5, 0.6) is 0 Å². The minimum atomic E-state index is -0.382. The van der Waals surface area contributed by atoms with Gasteiger partial charge in [-0.3, -0.25) is 4.98 Å².